The number of esters is 1. The van der Waals surface area contributed by atoms with Crippen molar-refractivity contribution in [2.45, 2.75) is 25.3 Å². The van der Waals surface area contributed by atoms with Gasteiger partial charge in [0.25, 0.3) is 0 Å². The molecule has 0 spiro atoms. The number of hydrogen-bond donors (Lipinski definition) is 1. The Hall–Kier alpha value is -2.59. The first-order valence-electron chi connectivity index (χ1n) is 9.22. The summed E-state index contributed by atoms with van der Waals surface area (Å²) in [4.78, 5) is 11.8. The van der Waals surface area contributed by atoms with E-state index in [1.165, 1.54) is 36.4 Å². The lowest BCUT2D eigenvalue weighted by molar-refractivity contribution is 0.0600. The molecular weight excluding hydrogens is 324 g/mol. The number of aromatic nitrogens is 1. The van der Waals surface area contributed by atoms with E-state index in [4.69, 9.17) is 4.74 Å². The molecule has 0 unspecified atom stereocenters. The van der Waals surface area contributed by atoms with Crippen molar-refractivity contribution in [1.29, 1.82) is 0 Å². The fourth-order valence-corrected chi connectivity index (χ4v) is 3.98. The van der Waals surface area contributed by atoms with Gasteiger partial charge in [0.2, 0.25) is 0 Å². The molecular formula is C22H24N2O2. The summed E-state index contributed by atoms with van der Waals surface area (Å²) in [6.45, 7) is 2.92. The summed E-state index contributed by atoms with van der Waals surface area (Å²) in [7, 11) is 1.42. The molecule has 0 atom stereocenters. The van der Waals surface area contributed by atoms with Crippen molar-refractivity contribution >= 4 is 16.9 Å². The number of nitrogens with zero attached hydrogens (tertiary/aromatic N) is 1. The Bertz CT molecular complexity index is 923. The van der Waals surface area contributed by atoms with Crippen molar-refractivity contribution in [2.75, 3.05) is 20.2 Å². The highest BCUT2D eigenvalue weighted by Gasteiger charge is 2.20. The number of para-hydroxylation sites is 1. The van der Waals surface area contributed by atoms with Gasteiger partial charge in [-0.25, -0.2) is 4.79 Å². The molecule has 3 aromatic rings. The molecule has 0 saturated carbocycles. The third-order valence-electron chi connectivity index (χ3n) is 5.30. The average Bonchev–Trinajstić information content (AvgIpc) is 3.07. The SMILES string of the molecule is COC(=O)c1cccc(Cn2cc(C3CCNCC3)c3ccccc32)c1. The van der Waals surface area contributed by atoms with Crippen LogP contribution in [0, 0.1) is 0 Å². The fourth-order valence-electron chi connectivity index (χ4n) is 3.98. The molecule has 1 aliphatic heterocycles. The summed E-state index contributed by atoms with van der Waals surface area (Å²) in [5, 5.41) is 4.80. The first kappa shape index (κ1) is 16.9. The molecule has 0 aliphatic carbocycles. The summed E-state index contributed by atoms with van der Waals surface area (Å²) in [5.41, 5.74) is 4.40. The summed E-state index contributed by atoms with van der Waals surface area (Å²) in [6.07, 6.45) is 4.68. The van der Waals surface area contributed by atoms with Crippen molar-refractivity contribution in [1.82, 2.24) is 9.88 Å². The summed E-state index contributed by atoms with van der Waals surface area (Å²) >= 11 is 0. The molecule has 26 heavy (non-hydrogen) atoms. The van der Waals surface area contributed by atoms with Gasteiger partial charge in [0, 0.05) is 23.6 Å². The average molecular weight is 348 g/mol. The van der Waals surface area contributed by atoms with Crippen LogP contribution in [-0.2, 0) is 11.3 Å². The zero-order valence-corrected chi connectivity index (χ0v) is 15.1. The fraction of sp³-hybridized carbons (Fsp3) is 0.318. The summed E-state index contributed by atoms with van der Waals surface area (Å²) < 4.78 is 7.15. The second-order valence-electron chi connectivity index (χ2n) is 6.95. The Labute approximate surface area is 153 Å². The third kappa shape index (κ3) is 3.25. The van der Waals surface area contributed by atoms with Crippen LogP contribution in [0.3, 0.4) is 0 Å². The van der Waals surface area contributed by atoms with Gasteiger partial charge in [-0.15, -0.1) is 0 Å². The zero-order chi connectivity index (χ0) is 17.9. The first-order valence-corrected chi connectivity index (χ1v) is 9.22. The third-order valence-corrected chi connectivity index (χ3v) is 5.30. The number of hydrogen-bond acceptors (Lipinski definition) is 3. The minimum Gasteiger partial charge on any atom is -0.465 e. The molecule has 134 valence electrons. The Morgan fingerprint density at radius 1 is 1.15 bits per heavy atom. The van der Waals surface area contributed by atoms with Crippen LogP contribution < -0.4 is 5.32 Å². The topological polar surface area (TPSA) is 43.3 Å². The second-order valence-corrected chi connectivity index (χ2v) is 6.95. The van der Waals surface area contributed by atoms with Gasteiger partial charge < -0.3 is 14.6 Å². The van der Waals surface area contributed by atoms with Crippen molar-refractivity contribution in [2.24, 2.45) is 0 Å². The molecule has 1 aliphatic rings. The molecule has 2 aromatic carbocycles. The number of fused-ring (bicyclic) bond motifs is 1. The number of ether oxygens (including phenoxy) is 1. The zero-order valence-electron chi connectivity index (χ0n) is 15.1. The molecule has 0 radical (unpaired) electrons. The lowest BCUT2D eigenvalue weighted by Crippen LogP contribution is -2.26. The predicted molar refractivity (Wildman–Crippen MR) is 104 cm³/mol. The number of nitrogens with one attached hydrogen (secondary N) is 1. The van der Waals surface area contributed by atoms with Gasteiger partial charge in [0.05, 0.1) is 12.7 Å². The van der Waals surface area contributed by atoms with Crippen molar-refractivity contribution in [3.05, 3.63) is 71.4 Å². The Balaban J connectivity index is 1.70. The van der Waals surface area contributed by atoms with Gasteiger partial charge in [-0.3, -0.25) is 0 Å². The Morgan fingerprint density at radius 3 is 2.77 bits per heavy atom. The number of benzene rings is 2. The molecule has 1 aromatic heterocycles. The molecule has 4 rings (SSSR count). The summed E-state index contributed by atoms with van der Waals surface area (Å²) in [5.74, 6) is 0.323. The van der Waals surface area contributed by atoms with Gasteiger partial charge in [0.1, 0.15) is 0 Å². The molecule has 1 fully saturated rings. The monoisotopic (exact) mass is 348 g/mol. The Morgan fingerprint density at radius 2 is 1.96 bits per heavy atom. The lowest BCUT2D eigenvalue weighted by Gasteiger charge is -2.22. The van der Waals surface area contributed by atoms with E-state index in [1.54, 1.807) is 6.07 Å². The minimum absolute atomic E-state index is 0.292. The van der Waals surface area contributed by atoms with E-state index in [1.807, 2.05) is 12.1 Å². The normalized spacial score (nSPS) is 15.3. The molecule has 0 amide bonds. The van der Waals surface area contributed by atoms with Gasteiger partial charge in [-0.05, 0) is 61.2 Å². The maximum atomic E-state index is 11.8. The molecule has 4 heteroatoms. The van der Waals surface area contributed by atoms with Crippen LogP contribution >= 0.6 is 0 Å². The van der Waals surface area contributed by atoms with E-state index in [0.717, 1.165) is 25.2 Å². The number of methoxy groups -OCH3 is 1. The van der Waals surface area contributed by atoms with Crippen LogP contribution in [0.2, 0.25) is 0 Å². The van der Waals surface area contributed by atoms with Crippen LogP contribution in [0.15, 0.2) is 54.7 Å². The molecule has 1 N–H and O–H groups in total. The number of rotatable bonds is 4. The van der Waals surface area contributed by atoms with Gasteiger partial charge in [0.15, 0.2) is 0 Å². The quantitative estimate of drug-likeness (QED) is 0.726. The van der Waals surface area contributed by atoms with Crippen LogP contribution in [0.5, 0.6) is 0 Å². The molecule has 2 heterocycles. The van der Waals surface area contributed by atoms with E-state index in [-0.39, 0.29) is 5.97 Å². The second kappa shape index (κ2) is 7.34. The largest absolute Gasteiger partial charge is 0.465 e. The smallest absolute Gasteiger partial charge is 0.337 e. The van der Waals surface area contributed by atoms with E-state index in [2.05, 4.69) is 46.4 Å². The van der Waals surface area contributed by atoms with Crippen LogP contribution in [-0.4, -0.2) is 30.7 Å². The minimum atomic E-state index is -0.292. The van der Waals surface area contributed by atoms with Gasteiger partial charge >= 0.3 is 5.97 Å². The molecule has 1 saturated heterocycles. The lowest BCUT2D eigenvalue weighted by atomic mass is 9.90. The maximum absolute atomic E-state index is 11.8. The molecule has 0 bridgehead atoms. The highest BCUT2D eigenvalue weighted by Crippen LogP contribution is 2.33. The number of piperidine rings is 1. The van der Waals surface area contributed by atoms with Crippen LogP contribution in [0.1, 0.15) is 40.2 Å². The molecule has 4 nitrogen and oxygen atoms in total. The maximum Gasteiger partial charge on any atom is 0.337 e. The predicted octanol–water partition coefficient (Wildman–Crippen LogP) is 3.94. The van der Waals surface area contributed by atoms with Crippen molar-refractivity contribution in [3.8, 4) is 0 Å². The number of carbonyl (C=O) groups is 1. The highest BCUT2D eigenvalue weighted by molar-refractivity contribution is 5.89. The van der Waals surface area contributed by atoms with E-state index >= 15 is 0 Å². The van der Waals surface area contributed by atoms with E-state index in [0.29, 0.717) is 11.5 Å². The van der Waals surface area contributed by atoms with Crippen molar-refractivity contribution in [3.63, 3.8) is 0 Å². The van der Waals surface area contributed by atoms with Crippen LogP contribution in [0.4, 0.5) is 0 Å². The van der Waals surface area contributed by atoms with Gasteiger partial charge in [-0.2, -0.15) is 0 Å². The number of carbonyl (C=O) groups excluding carboxylic acids is 1. The van der Waals surface area contributed by atoms with E-state index < -0.39 is 0 Å². The highest BCUT2D eigenvalue weighted by atomic mass is 16.5. The van der Waals surface area contributed by atoms with Gasteiger partial charge in [-0.1, -0.05) is 30.3 Å². The Kier molecular flexibility index (Phi) is 4.76. The standard InChI is InChI=1S/C22H24N2O2/c1-26-22(25)18-6-4-5-16(13-18)14-24-15-20(17-9-11-23-12-10-17)19-7-2-3-8-21(19)24/h2-8,13,15,17,23H,9-12,14H2,1H3. The van der Waals surface area contributed by atoms with Crippen LogP contribution in [0.25, 0.3) is 10.9 Å². The van der Waals surface area contributed by atoms with Crippen molar-refractivity contribution < 1.29 is 9.53 Å². The first-order chi connectivity index (χ1) is 12.8. The summed E-state index contributed by atoms with van der Waals surface area (Å²) in [6, 6.07) is 16.3. The van der Waals surface area contributed by atoms with E-state index in [9.17, 15) is 4.79 Å².